The number of benzene rings is 6. The molecule has 0 amide bonds. The van der Waals surface area contributed by atoms with Crippen molar-refractivity contribution >= 4 is 43.7 Å². The summed E-state index contributed by atoms with van der Waals surface area (Å²) >= 11 is 0. The number of para-hydroxylation sites is 3. The second-order valence-electron chi connectivity index (χ2n) is 11.7. The average molecular weight is 526 g/mol. The second-order valence-corrected chi connectivity index (χ2v) is 11.7. The molecule has 1 aliphatic carbocycles. The Hall–Kier alpha value is -5.08. The first-order valence-corrected chi connectivity index (χ1v) is 14.3. The van der Waals surface area contributed by atoms with Crippen molar-refractivity contribution in [1.82, 2.24) is 4.57 Å². The summed E-state index contributed by atoms with van der Waals surface area (Å²) in [6, 6.07) is 46.1. The van der Waals surface area contributed by atoms with Crippen molar-refractivity contribution in [1.29, 1.82) is 0 Å². The summed E-state index contributed by atoms with van der Waals surface area (Å²) in [4.78, 5) is 0. The fourth-order valence-electron chi connectivity index (χ4n) is 7.29. The van der Waals surface area contributed by atoms with E-state index in [0.29, 0.717) is 0 Å². The Morgan fingerprint density at radius 3 is 2.15 bits per heavy atom. The van der Waals surface area contributed by atoms with Crippen LogP contribution in [0.25, 0.3) is 71.7 Å². The zero-order valence-electron chi connectivity index (χ0n) is 23.0. The molecule has 0 spiro atoms. The maximum Gasteiger partial charge on any atom is 0.135 e. The van der Waals surface area contributed by atoms with Crippen molar-refractivity contribution in [2.45, 2.75) is 19.3 Å². The van der Waals surface area contributed by atoms with Gasteiger partial charge in [-0.3, -0.25) is 0 Å². The first-order valence-electron chi connectivity index (χ1n) is 14.3. The van der Waals surface area contributed by atoms with Crippen LogP contribution in [-0.2, 0) is 5.41 Å². The van der Waals surface area contributed by atoms with Crippen molar-refractivity contribution in [3.63, 3.8) is 0 Å². The van der Waals surface area contributed by atoms with Crippen LogP contribution in [0.4, 0.5) is 0 Å². The van der Waals surface area contributed by atoms with Crippen LogP contribution in [0.2, 0.25) is 0 Å². The monoisotopic (exact) mass is 525 g/mol. The van der Waals surface area contributed by atoms with E-state index in [4.69, 9.17) is 4.42 Å². The van der Waals surface area contributed by atoms with Crippen molar-refractivity contribution in [2.75, 3.05) is 0 Å². The maximum atomic E-state index is 6.22. The molecule has 41 heavy (non-hydrogen) atoms. The van der Waals surface area contributed by atoms with Crippen molar-refractivity contribution < 1.29 is 4.42 Å². The molecule has 6 aromatic carbocycles. The van der Waals surface area contributed by atoms with Crippen molar-refractivity contribution in [2.24, 2.45) is 0 Å². The standard InChI is InChI=1S/C39H27NO/c1-39(2)31-17-9-6-15-27(31)36-32(39)23-29(24-20-21-35-30(22-24)26-14-8-11-19-34(26)41-35)38-37(36)28-16-7-10-18-33(28)40(38)25-12-4-3-5-13-25/h3-23H,1-2H3. The van der Waals surface area contributed by atoms with Gasteiger partial charge in [0.1, 0.15) is 11.2 Å². The highest BCUT2D eigenvalue weighted by Crippen LogP contribution is 2.55. The molecular weight excluding hydrogens is 498 g/mol. The molecule has 2 heteroatoms. The third kappa shape index (κ3) is 2.97. The van der Waals surface area contributed by atoms with Gasteiger partial charge < -0.3 is 8.98 Å². The maximum absolute atomic E-state index is 6.22. The lowest BCUT2D eigenvalue weighted by Gasteiger charge is -2.23. The highest BCUT2D eigenvalue weighted by Gasteiger charge is 2.38. The first kappa shape index (κ1) is 22.7. The number of hydrogen-bond donors (Lipinski definition) is 0. The minimum absolute atomic E-state index is 0.114. The molecule has 2 aromatic heterocycles. The minimum Gasteiger partial charge on any atom is -0.456 e. The molecule has 0 N–H and O–H groups in total. The minimum atomic E-state index is -0.114. The Balaban J connectivity index is 1.50. The quantitative estimate of drug-likeness (QED) is 0.219. The predicted molar refractivity (Wildman–Crippen MR) is 171 cm³/mol. The van der Waals surface area contributed by atoms with Gasteiger partial charge in [0.25, 0.3) is 0 Å². The summed E-state index contributed by atoms with van der Waals surface area (Å²) in [5, 5.41) is 4.91. The number of aromatic nitrogens is 1. The lowest BCUT2D eigenvalue weighted by atomic mass is 9.81. The van der Waals surface area contributed by atoms with Gasteiger partial charge in [0.2, 0.25) is 0 Å². The van der Waals surface area contributed by atoms with E-state index >= 15 is 0 Å². The van der Waals surface area contributed by atoms with Crippen LogP contribution >= 0.6 is 0 Å². The summed E-state index contributed by atoms with van der Waals surface area (Å²) < 4.78 is 8.68. The van der Waals surface area contributed by atoms with Gasteiger partial charge in [-0.05, 0) is 70.3 Å². The highest BCUT2D eigenvalue weighted by molar-refractivity contribution is 6.22. The van der Waals surface area contributed by atoms with Gasteiger partial charge in [-0.2, -0.15) is 0 Å². The van der Waals surface area contributed by atoms with E-state index in [2.05, 4.69) is 140 Å². The van der Waals surface area contributed by atoms with Crippen LogP contribution in [0.5, 0.6) is 0 Å². The number of hydrogen-bond acceptors (Lipinski definition) is 1. The topological polar surface area (TPSA) is 18.1 Å². The van der Waals surface area contributed by atoms with E-state index in [0.717, 1.165) is 21.9 Å². The smallest absolute Gasteiger partial charge is 0.135 e. The van der Waals surface area contributed by atoms with Crippen LogP contribution in [0, 0.1) is 0 Å². The van der Waals surface area contributed by atoms with E-state index in [-0.39, 0.29) is 5.41 Å². The molecule has 2 heterocycles. The first-order chi connectivity index (χ1) is 20.1. The van der Waals surface area contributed by atoms with Crippen LogP contribution in [0.1, 0.15) is 25.0 Å². The van der Waals surface area contributed by atoms with Gasteiger partial charge in [-0.1, -0.05) is 98.8 Å². The molecular formula is C39H27NO. The molecule has 2 nitrogen and oxygen atoms in total. The molecule has 0 saturated carbocycles. The fraction of sp³-hybridized carbons (Fsp3) is 0.0769. The molecule has 9 rings (SSSR count). The van der Waals surface area contributed by atoms with Crippen LogP contribution < -0.4 is 0 Å². The Bertz CT molecular complexity index is 2330. The summed E-state index contributed by atoms with van der Waals surface area (Å²) in [6.07, 6.45) is 0. The number of fused-ring (bicyclic) bond motifs is 10. The van der Waals surface area contributed by atoms with Gasteiger partial charge in [0.05, 0.1) is 11.0 Å². The molecule has 8 aromatic rings. The van der Waals surface area contributed by atoms with Gasteiger partial charge in [-0.15, -0.1) is 0 Å². The molecule has 0 bridgehead atoms. The van der Waals surface area contributed by atoms with Gasteiger partial charge in [0, 0.05) is 38.2 Å². The van der Waals surface area contributed by atoms with Crippen LogP contribution in [0.3, 0.4) is 0 Å². The number of furan rings is 1. The molecule has 0 atom stereocenters. The molecule has 0 saturated heterocycles. The average Bonchev–Trinajstić information content (AvgIpc) is 3.63. The zero-order valence-corrected chi connectivity index (χ0v) is 23.0. The van der Waals surface area contributed by atoms with E-state index in [1.54, 1.807) is 0 Å². The second kappa shape index (κ2) is 7.99. The van der Waals surface area contributed by atoms with E-state index in [9.17, 15) is 0 Å². The molecule has 0 unspecified atom stereocenters. The SMILES string of the molecule is CC1(C)c2ccccc2-c2c1cc(-c1ccc3oc4ccccc4c3c1)c1c2c2ccccc2n1-c1ccccc1. The van der Waals surface area contributed by atoms with E-state index < -0.39 is 0 Å². The summed E-state index contributed by atoms with van der Waals surface area (Å²) in [6.45, 7) is 4.74. The fourth-order valence-corrected chi connectivity index (χ4v) is 7.29. The Labute approximate surface area is 238 Å². The zero-order chi connectivity index (χ0) is 27.3. The normalized spacial score (nSPS) is 13.8. The highest BCUT2D eigenvalue weighted by atomic mass is 16.3. The third-order valence-corrected chi connectivity index (χ3v) is 9.18. The van der Waals surface area contributed by atoms with Crippen molar-refractivity contribution in [3.05, 3.63) is 139 Å². The Kier molecular flexibility index (Phi) is 4.42. The number of nitrogens with zero attached hydrogens (tertiary/aromatic N) is 1. The van der Waals surface area contributed by atoms with Gasteiger partial charge in [0.15, 0.2) is 0 Å². The summed E-state index contributed by atoms with van der Waals surface area (Å²) in [5.74, 6) is 0. The van der Waals surface area contributed by atoms with E-state index in [1.807, 2.05) is 6.07 Å². The molecule has 194 valence electrons. The summed E-state index contributed by atoms with van der Waals surface area (Å²) in [5.41, 5.74) is 13.3. The molecule has 0 fully saturated rings. The lowest BCUT2D eigenvalue weighted by Crippen LogP contribution is -2.15. The van der Waals surface area contributed by atoms with Gasteiger partial charge in [-0.25, -0.2) is 0 Å². The predicted octanol–water partition coefficient (Wildman–Crippen LogP) is 10.7. The largest absolute Gasteiger partial charge is 0.456 e. The van der Waals surface area contributed by atoms with Gasteiger partial charge >= 0.3 is 0 Å². The Morgan fingerprint density at radius 2 is 1.27 bits per heavy atom. The number of rotatable bonds is 2. The third-order valence-electron chi connectivity index (χ3n) is 9.18. The lowest BCUT2D eigenvalue weighted by molar-refractivity contribution is 0.661. The van der Waals surface area contributed by atoms with Crippen molar-refractivity contribution in [3.8, 4) is 27.9 Å². The molecule has 0 radical (unpaired) electrons. The van der Waals surface area contributed by atoms with Crippen LogP contribution in [0.15, 0.2) is 132 Å². The Morgan fingerprint density at radius 1 is 0.561 bits per heavy atom. The molecule has 1 aliphatic rings. The van der Waals surface area contributed by atoms with Crippen LogP contribution in [-0.4, -0.2) is 4.57 Å². The van der Waals surface area contributed by atoms with E-state index in [1.165, 1.54) is 60.9 Å². The summed E-state index contributed by atoms with van der Waals surface area (Å²) in [7, 11) is 0. The molecule has 0 aliphatic heterocycles.